The topological polar surface area (TPSA) is 61.8 Å². The monoisotopic (exact) mass is 512 g/mol. The van der Waals surface area contributed by atoms with E-state index < -0.39 is 23.9 Å². The molecule has 4 aliphatic rings. The first-order valence-corrected chi connectivity index (χ1v) is 13.0. The summed E-state index contributed by atoms with van der Waals surface area (Å²) < 4.78 is 44.6. The molecule has 2 N–H and O–H groups in total. The number of halogens is 4. The highest BCUT2D eigenvalue weighted by Crippen LogP contribution is 2.39. The normalized spacial score (nSPS) is 36.8. The Labute approximate surface area is 208 Å². The predicted octanol–water partition coefficient (Wildman–Crippen LogP) is 4.62. The summed E-state index contributed by atoms with van der Waals surface area (Å²) in [6, 6.07) is 5.23. The predicted molar refractivity (Wildman–Crippen MR) is 125 cm³/mol. The number of fused-ring (bicyclic) bond motifs is 2. The Hall–Kier alpha value is -1.61. The van der Waals surface area contributed by atoms with Crippen molar-refractivity contribution < 1.29 is 27.8 Å². The van der Waals surface area contributed by atoms with Crippen LogP contribution >= 0.6 is 11.6 Å². The number of carbonyl (C=O) groups is 1. The maximum absolute atomic E-state index is 13.0. The van der Waals surface area contributed by atoms with Gasteiger partial charge in [-0.05, 0) is 74.1 Å². The number of hydrogen-bond acceptors (Lipinski definition) is 4. The lowest BCUT2D eigenvalue weighted by Crippen LogP contribution is -2.62. The number of amides is 1. The van der Waals surface area contributed by atoms with Crippen molar-refractivity contribution in [2.45, 2.75) is 87.5 Å². The number of ether oxygens (including phenoxy) is 1. The molecule has 9 heteroatoms. The third kappa shape index (κ3) is 5.41. The van der Waals surface area contributed by atoms with Crippen molar-refractivity contribution in [3.8, 4) is 0 Å². The second kappa shape index (κ2) is 10.0. The zero-order valence-electron chi connectivity index (χ0n) is 19.5. The number of nitrogens with zero attached hydrogens (tertiary/aromatic N) is 1. The van der Waals surface area contributed by atoms with Crippen molar-refractivity contribution in [3.63, 3.8) is 0 Å². The summed E-state index contributed by atoms with van der Waals surface area (Å²) in [5, 5.41) is 14.5. The maximum atomic E-state index is 13.0. The number of hydrogen-bond donors (Lipinski definition) is 2. The van der Waals surface area contributed by atoms with Crippen molar-refractivity contribution in [1.82, 2.24) is 10.2 Å². The van der Waals surface area contributed by atoms with Crippen LogP contribution in [-0.4, -0.2) is 52.3 Å². The fourth-order valence-corrected chi connectivity index (χ4v) is 6.50. The Morgan fingerprint density at radius 2 is 2.03 bits per heavy atom. The standard InChI is InChI=1S/C26H32ClF3N2O3/c27-19-5-6-20-21(13-19)31-24-17(8-9-32(24)25(20)34)10-15-4-7-23(22(33)12-15)35-14-16-2-1-3-18(11-16)26(28,29)30/h1-3,10-11,15,19-24,31,33H,4-9,12-14H2/b17-10+. The van der Waals surface area contributed by atoms with E-state index in [1.165, 1.54) is 11.6 Å². The van der Waals surface area contributed by atoms with E-state index in [2.05, 4.69) is 11.4 Å². The molecule has 192 valence electrons. The molecule has 2 heterocycles. The molecule has 2 aliphatic carbocycles. The average molecular weight is 513 g/mol. The largest absolute Gasteiger partial charge is 0.416 e. The molecule has 1 aromatic rings. The van der Waals surface area contributed by atoms with E-state index in [-0.39, 0.29) is 41.9 Å². The van der Waals surface area contributed by atoms with Gasteiger partial charge in [0.1, 0.15) is 6.17 Å². The first-order valence-electron chi connectivity index (χ1n) is 12.6. The second-order valence-electron chi connectivity index (χ2n) is 10.4. The van der Waals surface area contributed by atoms with E-state index in [0.717, 1.165) is 44.2 Å². The molecule has 35 heavy (non-hydrogen) atoms. The zero-order valence-corrected chi connectivity index (χ0v) is 20.3. The van der Waals surface area contributed by atoms with Crippen LogP contribution in [0.25, 0.3) is 0 Å². The molecular weight excluding hydrogens is 481 g/mol. The summed E-state index contributed by atoms with van der Waals surface area (Å²) in [5.41, 5.74) is 0.945. The molecule has 5 rings (SSSR count). The van der Waals surface area contributed by atoms with Crippen LogP contribution in [0, 0.1) is 11.8 Å². The Morgan fingerprint density at radius 1 is 1.20 bits per heavy atom. The average Bonchev–Trinajstić information content (AvgIpc) is 3.21. The molecule has 7 atom stereocenters. The Balaban J connectivity index is 1.17. The quantitative estimate of drug-likeness (QED) is 0.457. The Morgan fingerprint density at radius 3 is 2.80 bits per heavy atom. The van der Waals surface area contributed by atoms with Gasteiger partial charge in [-0.25, -0.2) is 0 Å². The van der Waals surface area contributed by atoms with E-state index in [9.17, 15) is 23.1 Å². The molecule has 5 nitrogen and oxygen atoms in total. The summed E-state index contributed by atoms with van der Waals surface area (Å²) >= 11 is 6.37. The third-order valence-electron chi connectivity index (χ3n) is 8.03. The Bertz CT molecular complexity index is 971. The van der Waals surface area contributed by atoms with Gasteiger partial charge in [0.05, 0.1) is 30.3 Å². The highest BCUT2D eigenvalue weighted by molar-refractivity contribution is 6.20. The zero-order chi connectivity index (χ0) is 24.7. The molecule has 0 radical (unpaired) electrons. The fourth-order valence-electron chi connectivity index (χ4n) is 6.18. The van der Waals surface area contributed by atoms with E-state index in [4.69, 9.17) is 16.3 Å². The summed E-state index contributed by atoms with van der Waals surface area (Å²) in [6.45, 7) is 0.748. The van der Waals surface area contributed by atoms with Gasteiger partial charge in [-0.3, -0.25) is 10.1 Å². The van der Waals surface area contributed by atoms with Crippen molar-refractivity contribution in [2.24, 2.45) is 11.8 Å². The van der Waals surface area contributed by atoms with Crippen LogP contribution in [0.5, 0.6) is 0 Å². The van der Waals surface area contributed by atoms with Crippen LogP contribution in [0.15, 0.2) is 35.9 Å². The summed E-state index contributed by atoms with van der Waals surface area (Å²) in [7, 11) is 0. The lowest BCUT2D eigenvalue weighted by molar-refractivity contribution is -0.143. The number of aliphatic hydroxyl groups excluding tert-OH is 1. The van der Waals surface area contributed by atoms with Gasteiger partial charge in [-0.15, -0.1) is 11.6 Å². The highest BCUT2D eigenvalue weighted by atomic mass is 35.5. The van der Waals surface area contributed by atoms with E-state index in [1.54, 1.807) is 6.07 Å². The van der Waals surface area contributed by atoms with Crippen LogP contribution < -0.4 is 5.32 Å². The van der Waals surface area contributed by atoms with Crippen molar-refractivity contribution in [1.29, 1.82) is 0 Å². The highest BCUT2D eigenvalue weighted by Gasteiger charge is 2.47. The van der Waals surface area contributed by atoms with Gasteiger partial charge in [0.2, 0.25) is 5.91 Å². The second-order valence-corrected chi connectivity index (χ2v) is 11.0. The molecule has 2 aliphatic heterocycles. The van der Waals surface area contributed by atoms with E-state index >= 15 is 0 Å². The lowest BCUT2D eigenvalue weighted by Gasteiger charge is -2.45. The van der Waals surface area contributed by atoms with Gasteiger partial charge in [0, 0.05) is 18.0 Å². The SMILES string of the molecule is O=C1C2CCC(Cl)CC2NC2/C(=C/C3CCC(OCc4cccc(C(F)(F)F)c4)C(O)C3)CCN12. The van der Waals surface area contributed by atoms with E-state index in [1.807, 2.05) is 4.90 Å². The van der Waals surface area contributed by atoms with Crippen LogP contribution in [0.2, 0.25) is 0 Å². The number of benzene rings is 1. The molecule has 1 aromatic carbocycles. The molecular formula is C26H32ClF3N2O3. The first-order chi connectivity index (χ1) is 16.7. The molecule has 2 saturated carbocycles. The number of rotatable bonds is 4. The minimum Gasteiger partial charge on any atom is -0.390 e. The van der Waals surface area contributed by atoms with Gasteiger partial charge in [0.15, 0.2) is 0 Å². The molecule has 0 spiro atoms. The van der Waals surface area contributed by atoms with Gasteiger partial charge >= 0.3 is 6.18 Å². The fraction of sp³-hybridized carbons (Fsp3) is 0.654. The van der Waals surface area contributed by atoms with Crippen LogP contribution in [0.4, 0.5) is 13.2 Å². The maximum Gasteiger partial charge on any atom is 0.416 e. The number of aliphatic hydroxyl groups is 1. The number of allylic oxidation sites excluding steroid dienone is 1. The van der Waals surface area contributed by atoms with Gasteiger partial charge < -0.3 is 14.7 Å². The van der Waals surface area contributed by atoms with Crippen molar-refractivity contribution >= 4 is 17.5 Å². The van der Waals surface area contributed by atoms with Crippen LogP contribution in [-0.2, 0) is 22.3 Å². The summed E-state index contributed by atoms with van der Waals surface area (Å²) in [5.74, 6) is 0.430. The third-order valence-corrected chi connectivity index (χ3v) is 8.42. The molecule has 4 fully saturated rings. The van der Waals surface area contributed by atoms with Crippen LogP contribution in [0.3, 0.4) is 0 Å². The minimum atomic E-state index is -4.39. The van der Waals surface area contributed by atoms with Crippen molar-refractivity contribution in [2.75, 3.05) is 6.54 Å². The van der Waals surface area contributed by atoms with Crippen LogP contribution in [0.1, 0.15) is 56.1 Å². The molecule has 0 bridgehead atoms. The van der Waals surface area contributed by atoms with Gasteiger partial charge in [-0.2, -0.15) is 13.2 Å². The number of carbonyl (C=O) groups excluding carboxylic acids is 1. The molecule has 1 amide bonds. The molecule has 7 unspecified atom stereocenters. The minimum absolute atomic E-state index is 0.0202. The number of alkyl halides is 4. The first kappa shape index (κ1) is 25.1. The van der Waals surface area contributed by atoms with Gasteiger partial charge in [0.25, 0.3) is 0 Å². The summed E-state index contributed by atoms with van der Waals surface area (Å²) in [4.78, 5) is 15.0. The van der Waals surface area contributed by atoms with Gasteiger partial charge in [-0.1, -0.05) is 18.2 Å². The number of nitrogens with one attached hydrogen (secondary N) is 1. The molecule has 0 aromatic heterocycles. The summed E-state index contributed by atoms with van der Waals surface area (Å²) in [6.07, 6.45) is 2.00. The lowest BCUT2D eigenvalue weighted by atomic mass is 9.81. The Kier molecular flexibility index (Phi) is 7.19. The molecule has 2 saturated heterocycles. The van der Waals surface area contributed by atoms with E-state index in [0.29, 0.717) is 24.9 Å². The smallest absolute Gasteiger partial charge is 0.390 e. The van der Waals surface area contributed by atoms with Crippen molar-refractivity contribution in [3.05, 3.63) is 47.0 Å².